The van der Waals surface area contributed by atoms with Crippen molar-refractivity contribution in [1.29, 1.82) is 0 Å². The number of nitrogens with zero attached hydrogens (tertiary/aromatic N) is 1. The Hall–Kier alpha value is 0.124. The summed E-state index contributed by atoms with van der Waals surface area (Å²) in [5.41, 5.74) is 3.05. The van der Waals surface area contributed by atoms with Gasteiger partial charge in [0.25, 0.3) is 0 Å². The summed E-state index contributed by atoms with van der Waals surface area (Å²) in [7, 11) is 2.21. The Balaban J connectivity index is 2.44. The van der Waals surface area contributed by atoms with Crippen molar-refractivity contribution in [2.75, 3.05) is 15.3 Å². The number of fused-ring (bicyclic) bond motifs is 1. The van der Waals surface area contributed by atoms with Gasteiger partial charge in [0.15, 0.2) is 0 Å². The van der Waals surface area contributed by atoms with Gasteiger partial charge in [0.1, 0.15) is 0 Å². The second kappa shape index (κ2) is 3.24. The van der Waals surface area contributed by atoms with Crippen LogP contribution >= 0.6 is 0 Å². The number of hydrogen-bond acceptors (Lipinski definition) is 1. The monoisotopic (exact) mass is 222 g/mol. The molecule has 2 heteroatoms. The molecule has 0 bridgehead atoms. The van der Waals surface area contributed by atoms with Gasteiger partial charge < -0.3 is 0 Å². The van der Waals surface area contributed by atoms with Crippen molar-refractivity contribution in [3.05, 3.63) is 29.8 Å². The van der Waals surface area contributed by atoms with E-state index in [-0.39, 0.29) is 29.2 Å². The molecule has 0 fully saturated rings. The third-order valence-electron chi connectivity index (χ3n) is 2.17. The molecule has 1 aliphatic heterocycles. The molecule has 1 aromatic carbocycles. The minimum atomic E-state index is -0.234. The Morgan fingerprint density at radius 3 is 3.00 bits per heavy atom. The van der Waals surface area contributed by atoms with Crippen molar-refractivity contribution in [2.45, 2.75) is 3.23 Å². The third kappa shape index (κ3) is 1.50. The first-order chi connectivity index (χ1) is 5.38. The molecular weight excluding hydrogens is 211 g/mol. The van der Waals surface area contributed by atoms with E-state index in [1.165, 1.54) is 12.3 Å². The molecule has 0 amide bonds. The minimum absolute atomic E-state index is 0.234. The molecule has 0 radical (unpaired) electrons. The van der Waals surface area contributed by atoms with Gasteiger partial charge >= 0.3 is 83.3 Å². The van der Waals surface area contributed by atoms with Crippen molar-refractivity contribution >= 4 is 5.69 Å². The topological polar surface area (TPSA) is 3.24 Å². The van der Waals surface area contributed by atoms with E-state index in [1.807, 2.05) is 0 Å². The first kappa shape index (κ1) is 7.76. The first-order valence-electron chi connectivity index (χ1n) is 3.98. The molecule has 1 aliphatic rings. The van der Waals surface area contributed by atoms with Gasteiger partial charge in [-0.2, -0.15) is 0 Å². The average Bonchev–Trinajstić information content (AvgIpc) is 2.06. The van der Waals surface area contributed by atoms with Gasteiger partial charge in [-0.15, -0.1) is 0 Å². The van der Waals surface area contributed by atoms with E-state index in [1.54, 1.807) is 5.56 Å². The molecule has 0 spiro atoms. The van der Waals surface area contributed by atoms with Gasteiger partial charge in [0.2, 0.25) is 0 Å². The summed E-state index contributed by atoms with van der Waals surface area (Å²) in [6.45, 7) is 0. The summed E-state index contributed by atoms with van der Waals surface area (Å²) in [6.07, 6.45) is 0. The molecule has 1 heterocycles. The second-order valence-electron chi connectivity index (χ2n) is 3.00. The number of anilines is 1. The Morgan fingerprint density at radius 2 is 2.18 bits per heavy atom. The average molecular weight is 222 g/mol. The molecule has 1 aromatic rings. The molecule has 0 N–H and O–H groups in total. The summed E-state index contributed by atoms with van der Waals surface area (Å²) >= 11 is -0.234. The standard InChI is InChI=1S/C9H11N.Y/c1-8-6-4-5-7-9(8)10(2)3;/h4-7H,1-2H2,3H3;. The molecule has 0 atom stereocenters. The van der Waals surface area contributed by atoms with E-state index >= 15 is 0 Å². The van der Waals surface area contributed by atoms with Crippen LogP contribution < -0.4 is 4.90 Å². The van der Waals surface area contributed by atoms with Crippen LogP contribution in [0.25, 0.3) is 0 Å². The quantitative estimate of drug-likeness (QED) is 0.645. The van der Waals surface area contributed by atoms with Gasteiger partial charge in [0.05, 0.1) is 0 Å². The van der Waals surface area contributed by atoms with Crippen LogP contribution in [0, 0.1) is 0 Å². The Bertz CT molecular complexity index is 259. The molecule has 0 aliphatic carbocycles. The van der Waals surface area contributed by atoms with Crippen LogP contribution in [0.15, 0.2) is 24.3 Å². The summed E-state index contributed by atoms with van der Waals surface area (Å²) in [5.74, 6) is 0. The molecule has 0 unspecified atom stereocenters. The Kier molecular flexibility index (Phi) is 2.29. The first-order valence-corrected chi connectivity index (χ1v) is 8.00. The molecule has 2 rings (SSSR count). The maximum atomic E-state index is 2.42. The summed E-state index contributed by atoms with van der Waals surface area (Å²) in [4.78, 5) is 2.42. The van der Waals surface area contributed by atoms with E-state index in [0.29, 0.717) is 0 Å². The molecule has 55 valence electrons. The van der Waals surface area contributed by atoms with Gasteiger partial charge in [0, 0.05) is 0 Å². The predicted octanol–water partition coefficient (Wildman–Crippen LogP) is 1.68. The summed E-state index contributed by atoms with van der Waals surface area (Å²) in [6, 6.07) is 8.79. The van der Waals surface area contributed by atoms with E-state index in [4.69, 9.17) is 0 Å². The van der Waals surface area contributed by atoms with Gasteiger partial charge in [-0.3, -0.25) is 0 Å². The van der Waals surface area contributed by atoms with Crippen molar-refractivity contribution in [3.63, 3.8) is 0 Å². The van der Waals surface area contributed by atoms with Gasteiger partial charge in [-0.1, -0.05) is 0 Å². The molecule has 0 saturated carbocycles. The van der Waals surface area contributed by atoms with Crippen molar-refractivity contribution in [2.24, 2.45) is 0 Å². The van der Waals surface area contributed by atoms with Crippen LogP contribution in [0.4, 0.5) is 5.69 Å². The normalized spacial score (nSPS) is 14.8. The van der Waals surface area contributed by atoms with Crippen molar-refractivity contribution < 1.29 is 29.2 Å². The maximum absolute atomic E-state index is 2.42. The number of benzene rings is 1. The summed E-state index contributed by atoms with van der Waals surface area (Å²) < 4.78 is 2.84. The number of rotatable bonds is 0. The van der Waals surface area contributed by atoms with Gasteiger partial charge in [-0.05, 0) is 0 Å². The van der Waals surface area contributed by atoms with E-state index in [9.17, 15) is 0 Å². The molecular formula is C9H11NY. The number of para-hydroxylation sites is 1. The predicted molar refractivity (Wildman–Crippen MR) is 43.4 cm³/mol. The van der Waals surface area contributed by atoms with E-state index in [0.717, 1.165) is 0 Å². The molecule has 0 saturated heterocycles. The van der Waals surface area contributed by atoms with Crippen LogP contribution in [-0.4, -0.2) is 10.4 Å². The van der Waals surface area contributed by atoms with Crippen LogP contribution in [0.3, 0.4) is 0 Å². The summed E-state index contributed by atoms with van der Waals surface area (Å²) in [5, 5.41) is 0. The van der Waals surface area contributed by atoms with Crippen LogP contribution in [0.1, 0.15) is 5.56 Å². The zero-order valence-corrected chi connectivity index (χ0v) is 9.59. The fourth-order valence-corrected chi connectivity index (χ4v) is 4.93. The third-order valence-corrected chi connectivity index (χ3v) is 5.94. The molecule has 11 heavy (non-hydrogen) atoms. The van der Waals surface area contributed by atoms with Crippen molar-refractivity contribution in [1.82, 2.24) is 0 Å². The van der Waals surface area contributed by atoms with Crippen molar-refractivity contribution in [3.8, 4) is 0 Å². The molecule has 1 nitrogen and oxygen atoms in total. The Morgan fingerprint density at radius 1 is 1.36 bits per heavy atom. The van der Waals surface area contributed by atoms with E-state index in [2.05, 4.69) is 36.2 Å². The fraction of sp³-hybridized carbons (Fsp3) is 0.333. The zero-order valence-electron chi connectivity index (χ0n) is 6.75. The zero-order chi connectivity index (χ0) is 7.68. The van der Waals surface area contributed by atoms with E-state index < -0.39 is 0 Å². The van der Waals surface area contributed by atoms with Crippen LogP contribution in [0.2, 0.25) is 0 Å². The van der Waals surface area contributed by atoms with Crippen LogP contribution in [-0.2, 0) is 32.4 Å². The number of hydrogen-bond donors (Lipinski definition) is 0. The molecule has 0 aromatic heterocycles. The Labute approximate surface area is 82.8 Å². The van der Waals surface area contributed by atoms with Crippen LogP contribution in [0.5, 0.6) is 0 Å². The SMILES string of the molecule is CN1[CH2][Y][CH2]c2ccccc21. The van der Waals surface area contributed by atoms with Gasteiger partial charge in [-0.25, -0.2) is 0 Å². The fourth-order valence-electron chi connectivity index (χ4n) is 1.57. The second-order valence-corrected chi connectivity index (χ2v) is 6.32.